The van der Waals surface area contributed by atoms with E-state index in [2.05, 4.69) is 0 Å². The Kier molecular flexibility index (Phi) is 6.10. The molecule has 56 heavy (non-hydrogen) atoms. The van der Waals surface area contributed by atoms with Gasteiger partial charge in [0.2, 0.25) is 0 Å². The molecule has 0 amide bonds. The van der Waals surface area contributed by atoms with Gasteiger partial charge in [0, 0.05) is 38.2 Å². The van der Waals surface area contributed by atoms with E-state index in [1.807, 2.05) is 146 Å². The van der Waals surface area contributed by atoms with Crippen molar-refractivity contribution in [2.45, 2.75) is 0 Å². The molecular formula is C51H31N3O2. The molecule has 5 heteroatoms. The predicted molar refractivity (Wildman–Crippen MR) is 227 cm³/mol. The van der Waals surface area contributed by atoms with Gasteiger partial charge >= 0.3 is 0 Å². The smallest absolute Gasteiger partial charge is 0.164 e. The summed E-state index contributed by atoms with van der Waals surface area (Å²) in [7, 11) is 0. The van der Waals surface area contributed by atoms with Crippen LogP contribution in [0.1, 0.15) is 8.22 Å². The van der Waals surface area contributed by atoms with Crippen molar-refractivity contribution in [2.75, 3.05) is 0 Å². The van der Waals surface area contributed by atoms with Crippen molar-refractivity contribution in [3.8, 4) is 67.5 Å². The topological polar surface area (TPSA) is 65.0 Å². The first kappa shape index (κ1) is 26.2. The summed E-state index contributed by atoms with van der Waals surface area (Å²) < 4.78 is 68.3. The molecule has 0 saturated carbocycles. The lowest BCUT2D eigenvalue weighted by atomic mass is 9.95. The Hall–Kier alpha value is -7.63. The van der Waals surface area contributed by atoms with Crippen LogP contribution in [0.25, 0.3) is 111 Å². The summed E-state index contributed by atoms with van der Waals surface area (Å²) in [5.74, 6) is 0.611. The van der Waals surface area contributed by atoms with E-state index in [0.29, 0.717) is 44.9 Å². The maximum absolute atomic E-state index is 9.64. The summed E-state index contributed by atoms with van der Waals surface area (Å²) in [4.78, 5) is 14.6. The fraction of sp³-hybridized carbons (Fsp3) is 0. The zero-order valence-electron chi connectivity index (χ0n) is 35.6. The average Bonchev–Trinajstić information content (AvgIpc) is 3.91. The van der Waals surface area contributed by atoms with Gasteiger partial charge in [-0.3, -0.25) is 0 Å². The normalized spacial score (nSPS) is 13.1. The van der Waals surface area contributed by atoms with E-state index in [9.17, 15) is 5.48 Å². The molecule has 0 fully saturated rings. The van der Waals surface area contributed by atoms with Gasteiger partial charge in [-0.1, -0.05) is 158 Å². The average molecular weight is 724 g/mol. The van der Waals surface area contributed by atoms with E-state index in [-0.39, 0.29) is 75.1 Å². The van der Waals surface area contributed by atoms with E-state index in [1.165, 1.54) is 0 Å². The van der Waals surface area contributed by atoms with Gasteiger partial charge < -0.3 is 8.83 Å². The lowest BCUT2D eigenvalue weighted by Crippen LogP contribution is -2.00. The number of furan rings is 2. The van der Waals surface area contributed by atoms with Crippen LogP contribution < -0.4 is 0 Å². The van der Waals surface area contributed by atoms with Gasteiger partial charge in [-0.2, -0.15) is 0 Å². The van der Waals surface area contributed by atoms with Gasteiger partial charge in [-0.25, -0.2) is 15.0 Å². The molecule has 0 aliphatic heterocycles. The molecule has 0 saturated heterocycles. The van der Waals surface area contributed by atoms with E-state index in [4.69, 9.17) is 26.5 Å². The molecule has 0 spiro atoms. The van der Waals surface area contributed by atoms with Crippen LogP contribution in [-0.2, 0) is 0 Å². The first-order valence-electron chi connectivity index (χ1n) is 21.2. The third-order valence-electron chi connectivity index (χ3n) is 10.1. The van der Waals surface area contributed by atoms with Crippen LogP contribution in [0.5, 0.6) is 0 Å². The molecule has 0 aliphatic rings. The van der Waals surface area contributed by atoms with Crippen LogP contribution >= 0.6 is 0 Å². The van der Waals surface area contributed by atoms with Crippen molar-refractivity contribution >= 4 is 43.9 Å². The van der Waals surface area contributed by atoms with Gasteiger partial charge in [-0.05, 0) is 63.6 Å². The van der Waals surface area contributed by atoms with Crippen molar-refractivity contribution in [3.05, 3.63) is 188 Å². The summed E-state index contributed by atoms with van der Waals surface area (Å²) in [6.45, 7) is 0. The molecule has 8 aromatic carbocycles. The minimum absolute atomic E-state index is 0.00144. The highest BCUT2D eigenvalue weighted by molar-refractivity contribution is 6.19. The standard InChI is InChI=1S/C51H31N3O2/c1-3-11-32(12-4-1)34-21-25-36(26-22-34)49-52-50(37-27-23-35(24-28-37)33-13-5-2-6-14-33)54-51(53-49)38-29-30-42-46(31-38)56-45-20-10-17-40(48(42)45)39-16-9-19-44-47(39)41-15-7-8-18-43(41)55-44/h1-31H/i10D,17D,20D,29D,30D,31D. The minimum atomic E-state index is -0.371. The lowest BCUT2D eigenvalue weighted by molar-refractivity contribution is 0.668. The SMILES string of the molecule is [2H]c1c([2H])c(-c2cccc3oc4ccccc4c23)c2c(oc3c([2H])c(-c4nc(-c5ccc(-c6ccccc6)cc5)nc(-c5ccc(-c6ccccc6)cc5)n4)c([2H])c([2H])c32)c1[2H]. The van der Waals surface area contributed by atoms with Gasteiger partial charge in [0.25, 0.3) is 0 Å². The third-order valence-corrected chi connectivity index (χ3v) is 10.1. The Morgan fingerprint density at radius 3 is 1.52 bits per heavy atom. The van der Waals surface area contributed by atoms with Crippen LogP contribution in [-0.4, -0.2) is 15.0 Å². The molecular weight excluding hydrogens is 687 g/mol. The monoisotopic (exact) mass is 723 g/mol. The highest BCUT2D eigenvalue weighted by Crippen LogP contribution is 2.43. The number of para-hydroxylation sites is 1. The molecule has 3 aromatic heterocycles. The predicted octanol–water partition coefficient (Wildman–Crippen LogP) is 13.7. The fourth-order valence-electron chi connectivity index (χ4n) is 7.38. The molecule has 3 heterocycles. The quantitative estimate of drug-likeness (QED) is 0.171. The molecule has 0 radical (unpaired) electrons. The zero-order chi connectivity index (χ0) is 42.2. The number of benzene rings is 8. The van der Waals surface area contributed by atoms with Crippen molar-refractivity contribution in [1.82, 2.24) is 15.0 Å². The zero-order valence-corrected chi connectivity index (χ0v) is 29.6. The van der Waals surface area contributed by atoms with E-state index in [1.54, 1.807) is 6.07 Å². The second kappa shape index (κ2) is 13.0. The Morgan fingerprint density at radius 2 is 0.857 bits per heavy atom. The number of hydrogen-bond donors (Lipinski definition) is 0. The summed E-state index contributed by atoms with van der Waals surface area (Å²) >= 11 is 0. The molecule has 0 atom stereocenters. The number of fused-ring (bicyclic) bond motifs is 6. The number of aromatic nitrogens is 3. The van der Waals surface area contributed by atoms with E-state index >= 15 is 0 Å². The van der Waals surface area contributed by atoms with Crippen molar-refractivity contribution in [2.24, 2.45) is 0 Å². The molecule has 5 nitrogen and oxygen atoms in total. The molecule has 0 N–H and O–H groups in total. The summed E-state index contributed by atoms with van der Waals surface area (Å²) in [5, 5.41) is 1.78. The molecule has 11 rings (SSSR count). The molecule has 0 unspecified atom stereocenters. The fourth-order valence-corrected chi connectivity index (χ4v) is 7.38. The Balaban J connectivity index is 1.14. The van der Waals surface area contributed by atoms with Crippen molar-refractivity contribution in [1.29, 1.82) is 0 Å². The number of rotatable bonds is 6. The summed E-state index contributed by atoms with van der Waals surface area (Å²) in [5.41, 5.74) is 7.28. The van der Waals surface area contributed by atoms with Crippen LogP contribution in [0.2, 0.25) is 0 Å². The van der Waals surface area contributed by atoms with Crippen LogP contribution in [0.15, 0.2) is 197 Å². The molecule has 11 aromatic rings. The Bertz CT molecular complexity index is 3470. The van der Waals surface area contributed by atoms with E-state index in [0.717, 1.165) is 27.6 Å². The Labute approximate surface area is 330 Å². The van der Waals surface area contributed by atoms with E-state index < -0.39 is 0 Å². The van der Waals surface area contributed by atoms with Crippen LogP contribution in [0.4, 0.5) is 0 Å². The van der Waals surface area contributed by atoms with Gasteiger partial charge in [0.1, 0.15) is 22.3 Å². The first-order valence-corrected chi connectivity index (χ1v) is 18.2. The number of hydrogen-bond acceptors (Lipinski definition) is 5. The second-order valence-electron chi connectivity index (χ2n) is 13.5. The van der Waals surface area contributed by atoms with Gasteiger partial charge in [-0.15, -0.1) is 0 Å². The lowest BCUT2D eigenvalue weighted by Gasteiger charge is -2.10. The molecule has 262 valence electrons. The van der Waals surface area contributed by atoms with Gasteiger partial charge in [0.05, 0.1) is 8.22 Å². The van der Waals surface area contributed by atoms with Crippen LogP contribution in [0.3, 0.4) is 0 Å². The Morgan fingerprint density at radius 1 is 0.339 bits per heavy atom. The second-order valence-corrected chi connectivity index (χ2v) is 13.5. The molecule has 0 bridgehead atoms. The van der Waals surface area contributed by atoms with Crippen LogP contribution in [0, 0.1) is 0 Å². The van der Waals surface area contributed by atoms with Crippen molar-refractivity contribution in [3.63, 3.8) is 0 Å². The first-order chi connectivity index (χ1) is 30.2. The van der Waals surface area contributed by atoms with Gasteiger partial charge in [0.15, 0.2) is 17.5 Å². The van der Waals surface area contributed by atoms with Crippen molar-refractivity contribution < 1.29 is 17.1 Å². The maximum Gasteiger partial charge on any atom is 0.164 e. The summed E-state index contributed by atoms with van der Waals surface area (Å²) in [6.07, 6.45) is 0. The third kappa shape index (κ3) is 5.45. The number of nitrogens with zero attached hydrogens (tertiary/aromatic N) is 3. The molecule has 0 aliphatic carbocycles. The minimum Gasteiger partial charge on any atom is -0.456 e. The highest BCUT2D eigenvalue weighted by Gasteiger charge is 2.19. The maximum atomic E-state index is 9.64. The highest BCUT2D eigenvalue weighted by atomic mass is 16.3. The largest absolute Gasteiger partial charge is 0.456 e. The summed E-state index contributed by atoms with van der Waals surface area (Å²) in [6, 6.07) is 46.7.